The molecule has 0 radical (unpaired) electrons. The highest BCUT2D eigenvalue weighted by molar-refractivity contribution is 6.06. The highest BCUT2D eigenvalue weighted by atomic mass is 16.7. The van der Waals surface area contributed by atoms with E-state index in [1.54, 1.807) is 27.7 Å². The molecule has 1 saturated heterocycles. The molecule has 12 nitrogen and oxygen atoms in total. The number of amides is 2. The Morgan fingerprint density at radius 2 is 1.76 bits per heavy atom. The predicted molar refractivity (Wildman–Crippen MR) is 173 cm³/mol. The number of hydrogen-bond donors (Lipinski definition) is 1. The molecule has 5 rings (SSSR count). The number of nitrogens with zero attached hydrogens (tertiary/aromatic N) is 4. The van der Waals surface area contributed by atoms with Gasteiger partial charge in [-0.15, -0.1) is 0 Å². The first-order chi connectivity index (χ1) is 21.9. The van der Waals surface area contributed by atoms with E-state index >= 15 is 0 Å². The summed E-state index contributed by atoms with van der Waals surface area (Å²) in [6.45, 7) is 9.33. The summed E-state index contributed by atoms with van der Waals surface area (Å²) < 4.78 is 18.5. The van der Waals surface area contributed by atoms with Crippen molar-refractivity contribution < 1.29 is 33.7 Å². The number of pyridine rings is 1. The smallest absolute Gasteiger partial charge is 0.407 e. The Labute approximate surface area is 268 Å². The Balaban J connectivity index is 1.38. The number of rotatable bonds is 9. The van der Waals surface area contributed by atoms with Gasteiger partial charge in [0.05, 0.1) is 25.3 Å². The van der Waals surface area contributed by atoms with Gasteiger partial charge in [-0.3, -0.25) is 19.3 Å². The lowest BCUT2D eigenvalue weighted by Crippen LogP contribution is -2.55. The molecule has 2 aromatic carbocycles. The van der Waals surface area contributed by atoms with Gasteiger partial charge in [0, 0.05) is 62.8 Å². The summed E-state index contributed by atoms with van der Waals surface area (Å²) in [5.74, 6) is 1.41. The summed E-state index contributed by atoms with van der Waals surface area (Å²) in [6.07, 6.45) is 0.353. The lowest BCUT2D eigenvalue weighted by atomic mass is 9.78. The fourth-order valence-corrected chi connectivity index (χ4v) is 6.56. The fraction of sp³-hybridized carbons (Fsp3) is 0.500. The minimum atomic E-state index is -0.957. The van der Waals surface area contributed by atoms with Gasteiger partial charge in [0.15, 0.2) is 11.5 Å². The van der Waals surface area contributed by atoms with E-state index in [2.05, 4.69) is 25.7 Å². The van der Waals surface area contributed by atoms with Crippen molar-refractivity contribution in [1.82, 2.24) is 19.4 Å². The normalized spacial score (nSPS) is 18.3. The molecule has 0 saturated carbocycles. The molecule has 0 aliphatic carbocycles. The second-order valence-corrected chi connectivity index (χ2v) is 12.9. The number of carbonyl (C=O) groups excluding carboxylic acids is 1. The number of methoxy groups -OCH3 is 1. The standard InChI is InChI=1S/C34H44N4O8/c1-34(2,3)30-18-23(38(33(41)42)21-22-7-9-28-29(17-22)46-16-15-45-28)11-12-36(30)13-14-37-27-20-24(43-5)19-26(32(40)35(4)44-6)25(27)8-10-31(37)39/h7-10,17,19-20,23,30H,11-16,18,21H2,1-6H3,(H,41,42). The van der Waals surface area contributed by atoms with E-state index in [1.165, 1.54) is 27.3 Å². The van der Waals surface area contributed by atoms with Gasteiger partial charge in [0.1, 0.15) is 19.0 Å². The molecule has 3 aromatic rings. The van der Waals surface area contributed by atoms with Gasteiger partial charge in [-0.1, -0.05) is 26.8 Å². The zero-order valence-corrected chi connectivity index (χ0v) is 27.4. The van der Waals surface area contributed by atoms with Crippen molar-refractivity contribution >= 4 is 22.9 Å². The molecule has 2 amide bonds. The monoisotopic (exact) mass is 636 g/mol. The first kappa shape index (κ1) is 33.1. The first-order valence-electron chi connectivity index (χ1n) is 15.6. The van der Waals surface area contributed by atoms with Crippen LogP contribution < -0.4 is 19.8 Å². The van der Waals surface area contributed by atoms with Crippen LogP contribution in [0.1, 0.15) is 49.5 Å². The highest BCUT2D eigenvalue weighted by Gasteiger charge is 2.39. The second-order valence-electron chi connectivity index (χ2n) is 12.9. The van der Waals surface area contributed by atoms with Crippen LogP contribution in [0.25, 0.3) is 10.9 Å². The molecule has 248 valence electrons. The summed E-state index contributed by atoms with van der Waals surface area (Å²) in [5.41, 5.74) is 1.47. The highest BCUT2D eigenvalue weighted by Crippen LogP contribution is 2.36. The summed E-state index contributed by atoms with van der Waals surface area (Å²) in [6, 6.07) is 12.0. The molecule has 12 heteroatoms. The third kappa shape index (κ3) is 6.92. The van der Waals surface area contributed by atoms with E-state index in [4.69, 9.17) is 19.0 Å². The van der Waals surface area contributed by atoms with E-state index < -0.39 is 6.09 Å². The van der Waals surface area contributed by atoms with Crippen molar-refractivity contribution in [3.8, 4) is 17.2 Å². The van der Waals surface area contributed by atoms with E-state index in [9.17, 15) is 19.5 Å². The van der Waals surface area contributed by atoms with Crippen LogP contribution in [0, 0.1) is 5.41 Å². The Kier molecular flexibility index (Phi) is 9.78. The van der Waals surface area contributed by atoms with Gasteiger partial charge in [-0.2, -0.15) is 0 Å². The van der Waals surface area contributed by atoms with Crippen molar-refractivity contribution in [3.63, 3.8) is 0 Å². The Morgan fingerprint density at radius 3 is 2.43 bits per heavy atom. The van der Waals surface area contributed by atoms with Crippen LogP contribution in [-0.2, 0) is 17.9 Å². The van der Waals surface area contributed by atoms with E-state index in [1.807, 2.05) is 18.2 Å². The van der Waals surface area contributed by atoms with Gasteiger partial charge in [-0.05, 0) is 48.1 Å². The van der Waals surface area contributed by atoms with Crippen molar-refractivity contribution in [2.45, 2.75) is 58.8 Å². The molecule has 3 heterocycles. The zero-order chi connectivity index (χ0) is 33.2. The van der Waals surface area contributed by atoms with Crippen LogP contribution in [0.3, 0.4) is 0 Å². The van der Waals surface area contributed by atoms with Crippen molar-refractivity contribution in [3.05, 3.63) is 63.9 Å². The van der Waals surface area contributed by atoms with Gasteiger partial charge in [0.25, 0.3) is 11.5 Å². The average molecular weight is 637 g/mol. The molecule has 0 spiro atoms. The van der Waals surface area contributed by atoms with Gasteiger partial charge < -0.3 is 28.8 Å². The molecule has 2 aliphatic rings. The average Bonchev–Trinajstić information content (AvgIpc) is 3.04. The topological polar surface area (TPSA) is 123 Å². The minimum absolute atomic E-state index is 0.0565. The Hall–Kier alpha value is -4.29. The molecule has 1 fully saturated rings. The Bertz CT molecular complexity index is 1650. The number of carboxylic acid groups (broad SMARTS) is 1. The lowest BCUT2D eigenvalue weighted by molar-refractivity contribution is -0.0755. The molecule has 1 N–H and O–H groups in total. The largest absolute Gasteiger partial charge is 0.497 e. The first-order valence-corrected chi connectivity index (χ1v) is 15.6. The van der Waals surface area contributed by atoms with E-state index in [0.29, 0.717) is 79.4 Å². The van der Waals surface area contributed by atoms with Crippen molar-refractivity contribution in [2.24, 2.45) is 5.41 Å². The van der Waals surface area contributed by atoms with Crippen LogP contribution in [-0.4, -0.2) is 96.2 Å². The molecular formula is C34H44N4O8. The number of hydrogen-bond acceptors (Lipinski definition) is 8. The number of likely N-dealkylation sites (tertiary alicyclic amines) is 1. The predicted octanol–water partition coefficient (Wildman–Crippen LogP) is 4.47. The molecule has 2 unspecified atom stereocenters. The molecule has 2 aliphatic heterocycles. The van der Waals surface area contributed by atoms with Gasteiger partial charge in [0.2, 0.25) is 0 Å². The Morgan fingerprint density at radius 1 is 1.02 bits per heavy atom. The number of benzene rings is 2. The van der Waals surface area contributed by atoms with Crippen LogP contribution >= 0.6 is 0 Å². The van der Waals surface area contributed by atoms with Crippen LogP contribution in [0.4, 0.5) is 4.79 Å². The number of hydroxylamine groups is 2. The molecule has 2 atom stereocenters. The van der Waals surface area contributed by atoms with E-state index in [0.717, 1.165) is 10.6 Å². The zero-order valence-electron chi connectivity index (χ0n) is 27.4. The number of piperidine rings is 1. The molecule has 0 bridgehead atoms. The third-order valence-corrected chi connectivity index (χ3v) is 9.05. The third-order valence-electron chi connectivity index (χ3n) is 9.05. The van der Waals surface area contributed by atoms with Crippen molar-refractivity contribution in [2.75, 3.05) is 47.6 Å². The molecule has 1 aromatic heterocycles. The van der Waals surface area contributed by atoms with Crippen molar-refractivity contribution in [1.29, 1.82) is 0 Å². The second kappa shape index (κ2) is 13.6. The van der Waals surface area contributed by atoms with Gasteiger partial charge in [-0.25, -0.2) is 9.86 Å². The number of ether oxygens (including phenoxy) is 3. The SMILES string of the molecule is COc1cc(C(=O)N(C)OC)c2ccc(=O)n(CCN3CCC(N(Cc4ccc5c(c4)OCCO5)C(=O)O)CC3C(C)(C)C)c2c1. The van der Waals surface area contributed by atoms with Crippen LogP contribution in [0.5, 0.6) is 17.2 Å². The summed E-state index contributed by atoms with van der Waals surface area (Å²) in [4.78, 5) is 47.9. The number of fused-ring (bicyclic) bond motifs is 2. The van der Waals surface area contributed by atoms with Crippen LogP contribution in [0.2, 0.25) is 0 Å². The minimum Gasteiger partial charge on any atom is -0.497 e. The van der Waals surface area contributed by atoms with Gasteiger partial charge >= 0.3 is 6.09 Å². The van der Waals surface area contributed by atoms with E-state index in [-0.39, 0.29) is 35.5 Å². The number of carbonyl (C=O) groups is 2. The molecule has 46 heavy (non-hydrogen) atoms. The number of aromatic nitrogens is 1. The lowest BCUT2D eigenvalue weighted by Gasteiger charge is -2.48. The van der Waals surface area contributed by atoms with Crippen LogP contribution in [0.15, 0.2) is 47.3 Å². The maximum atomic E-state index is 13.2. The quantitative estimate of drug-likeness (QED) is 0.339. The summed E-state index contributed by atoms with van der Waals surface area (Å²) in [5, 5.41) is 12.0. The molecular weight excluding hydrogens is 592 g/mol. The fourth-order valence-electron chi connectivity index (χ4n) is 6.56. The maximum Gasteiger partial charge on any atom is 0.407 e. The maximum absolute atomic E-state index is 13.2. The summed E-state index contributed by atoms with van der Waals surface area (Å²) in [7, 11) is 4.47. The summed E-state index contributed by atoms with van der Waals surface area (Å²) >= 11 is 0.